The standard InChI is InChI=1S/C46H89NO12S/c1-3-5-7-9-11-13-15-17-18-19-20-21-23-25-27-29-31-33-35-40(50)45(53)47-38(39(49)34-32-30-28-26-24-22-16-14-12-10-8-6-4-2)37-57-46-43(52)44(59-60(54,55)56)42(51)41(36-48)58-46/h32,34,38-44,46,48-52H,3-31,33,35-37H2,1-2H3,(H,47,53)(H,54,55,56)/b34-32+/t38-,39+,40?,41+,42-,43+,44-,46?/m0/s1. The molecule has 0 radical (unpaired) electrons. The Morgan fingerprint density at radius 2 is 1.08 bits per heavy atom. The van der Waals surface area contributed by atoms with Crippen molar-refractivity contribution in [2.24, 2.45) is 0 Å². The van der Waals surface area contributed by atoms with Crippen molar-refractivity contribution in [3.8, 4) is 0 Å². The van der Waals surface area contributed by atoms with E-state index in [1.54, 1.807) is 0 Å². The van der Waals surface area contributed by atoms with Crippen molar-refractivity contribution in [2.75, 3.05) is 13.2 Å². The predicted molar refractivity (Wildman–Crippen MR) is 238 cm³/mol. The Morgan fingerprint density at radius 3 is 1.50 bits per heavy atom. The molecule has 7 N–H and O–H groups in total. The number of aliphatic hydroxyl groups is 5. The van der Waals surface area contributed by atoms with Crippen LogP contribution in [0.5, 0.6) is 0 Å². The maximum absolute atomic E-state index is 13.1. The molecule has 1 rings (SSSR count). The Kier molecular flexibility index (Phi) is 35.2. The number of ether oxygens (including phenoxy) is 2. The molecule has 1 fully saturated rings. The fourth-order valence-corrected chi connectivity index (χ4v) is 8.32. The van der Waals surface area contributed by atoms with E-state index in [9.17, 15) is 43.3 Å². The SMILES string of the molecule is CCCCCCCCCCCCC/C=C/[C@@H](O)[C@H](COC1O[C@H](CO)[C@H](O)[C@H](OS(=O)(=O)O)[C@H]1O)NC(=O)C(O)CCCCCCCCCCCCCCCCCCCC. The summed E-state index contributed by atoms with van der Waals surface area (Å²) in [5, 5.41) is 55.2. The molecule has 60 heavy (non-hydrogen) atoms. The summed E-state index contributed by atoms with van der Waals surface area (Å²) in [4.78, 5) is 13.1. The number of hydrogen-bond donors (Lipinski definition) is 7. The summed E-state index contributed by atoms with van der Waals surface area (Å²) >= 11 is 0. The molecule has 0 saturated carbocycles. The van der Waals surface area contributed by atoms with Crippen LogP contribution in [0.3, 0.4) is 0 Å². The van der Waals surface area contributed by atoms with Gasteiger partial charge in [0.15, 0.2) is 6.29 Å². The highest BCUT2D eigenvalue weighted by atomic mass is 32.3. The van der Waals surface area contributed by atoms with Gasteiger partial charge in [-0.25, -0.2) is 4.18 Å². The first kappa shape index (κ1) is 56.8. The van der Waals surface area contributed by atoms with Crippen LogP contribution in [0, 0.1) is 0 Å². The maximum Gasteiger partial charge on any atom is 0.397 e. The van der Waals surface area contributed by atoms with Crippen LogP contribution in [0.25, 0.3) is 0 Å². The lowest BCUT2D eigenvalue weighted by atomic mass is 9.99. The van der Waals surface area contributed by atoms with Gasteiger partial charge in [0.2, 0.25) is 5.91 Å². The molecule has 356 valence electrons. The van der Waals surface area contributed by atoms with Crippen LogP contribution in [0.4, 0.5) is 0 Å². The van der Waals surface area contributed by atoms with Crippen molar-refractivity contribution in [1.29, 1.82) is 0 Å². The number of rotatable bonds is 41. The van der Waals surface area contributed by atoms with Gasteiger partial charge in [-0.3, -0.25) is 9.35 Å². The normalized spacial score (nSPS) is 21.4. The molecule has 1 aliphatic rings. The van der Waals surface area contributed by atoms with Crippen LogP contribution < -0.4 is 5.32 Å². The first-order chi connectivity index (χ1) is 28.9. The Hall–Kier alpha value is -1.20. The lowest BCUT2D eigenvalue weighted by Crippen LogP contribution is -2.61. The monoisotopic (exact) mass is 880 g/mol. The number of carbonyl (C=O) groups is 1. The Labute approximate surface area is 364 Å². The van der Waals surface area contributed by atoms with Crippen LogP contribution in [0.15, 0.2) is 12.2 Å². The number of hydrogen-bond acceptors (Lipinski definition) is 11. The number of aliphatic hydroxyl groups excluding tert-OH is 5. The first-order valence-electron chi connectivity index (χ1n) is 24.2. The van der Waals surface area contributed by atoms with Gasteiger partial charge in [-0.2, -0.15) is 8.42 Å². The zero-order chi connectivity index (χ0) is 44.3. The second-order valence-corrected chi connectivity index (χ2v) is 18.2. The average Bonchev–Trinajstić information content (AvgIpc) is 3.22. The van der Waals surface area contributed by atoms with Crippen molar-refractivity contribution < 1.29 is 57.0 Å². The predicted octanol–water partition coefficient (Wildman–Crippen LogP) is 8.53. The molecule has 0 aromatic heterocycles. The highest BCUT2D eigenvalue weighted by molar-refractivity contribution is 7.80. The minimum absolute atomic E-state index is 0.248. The van der Waals surface area contributed by atoms with Crippen molar-refractivity contribution in [1.82, 2.24) is 5.32 Å². The highest BCUT2D eigenvalue weighted by Gasteiger charge is 2.48. The minimum atomic E-state index is -5.11. The first-order valence-corrected chi connectivity index (χ1v) is 25.5. The van der Waals surface area contributed by atoms with Gasteiger partial charge < -0.3 is 40.3 Å². The molecule has 1 amide bonds. The van der Waals surface area contributed by atoms with E-state index in [4.69, 9.17) is 9.47 Å². The van der Waals surface area contributed by atoms with E-state index in [1.807, 2.05) is 6.08 Å². The summed E-state index contributed by atoms with van der Waals surface area (Å²) in [6, 6.07) is -1.11. The average molecular weight is 880 g/mol. The van der Waals surface area contributed by atoms with Crippen LogP contribution in [-0.2, 0) is 28.9 Å². The van der Waals surface area contributed by atoms with E-state index in [-0.39, 0.29) is 6.42 Å². The molecule has 0 aromatic carbocycles. The summed E-state index contributed by atoms with van der Waals surface area (Å²) < 4.78 is 47.5. The molecule has 2 unspecified atom stereocenters. The van der Waals surface area contributed by atoms with Crippen LogP contribution in [0.1, 0.15) is 213 Å². The fourth-order valence-electron chi connectivity index (χ4n) is 7.81. The van der Waals surface area contributed by atoms with Gasteiger partial charge in [-0.05, 0) is 19.3 Å². The van der Waals surface area contributed by atoms with E-state index < -0.39 is 78.5 Å². The van der Waals surface area contributed by atoms with Crippen LogP contribution in [0.2, 0.25) is 0 Å². The number of unbranched alkanes of at least 4 members (excludes halogenated alkanes) is 28. The second kappa shape index (κ2) is 37.2. The second-order valence-electron chi connectivity index (χ2n) is 17.2. The molecular formula is C46H89NO12S. The molecule has 1 heterocycles. The van der Waals surface area contributed by atoms with Crippen molar-refractivity contribution >= 4 is 16.3 Å². The van der Waals surface area contributed by atoms with Crippen LogP contribution in [-0.4, -0.2) is 107 Å². The minimum Gasteiger partial charge on any atom is -0.394 e. The smallest absolute Gasteiger partial charge is 0.394 e. The van der Waals surface area contributed by atoms with Gasteiger partial charge in [0.1, 0.15) is 30.5 Å². The zero-order valence-electron chi connectivity index (χ0n) is 37.6. The third kappa shape index (κ3) is 29.2. The molecule has 8 atom stereocenters. The number of allylic oxidation sites excluding steroid dienone is 1. The molecule has 13 nitrogen and oxygen atoms in total. The summed E-state index contributed by atoms with van der Waals surface area (Å²) in [6.45, 7) is 3.22. The zero-order valence-corrected chi connectivity index (χ0v) is 38.5. The van der Waals surface area contributed by atoms with Gasteiger partial charge >= 0.3 is 10.4 Å². The van der Waals surface area contributed by atoms with Gasteiger partial charge in [0, 0.05) is 0 Å². The van der Waals surface area contributed by atoms with E-state index >= 15 is 0 Å². The molecule has 0 aromatic rings. The molecule has 1 saturated heterocycles. The number of amides is 1. The van der Waals surface area contributed by atoms with E-state index in [0.29, 0.717) is 12.8 Å². The molecule has 0 spiro atoms. The van der Waals surface area contributed by atoms with E-state index in [1.165, 1.54) is 147 Å². The molecule has 0 aliphatic carbocycles. The largest absolute Gasteiger partial charge is 0.397 e. The summed E-state index contributed by atoms with van der Waals surface area (Å²) in [6.07, 6.45) is 28.6. The Morgan fingerprint density at radius 1 is 0.667 bits per heavy atom. The Bertz CT molecular complexity index is 1140. The molecule has 14 heteroatoms. The highest BCUT2D eigenvalue weighted by Crippen LogP contribution is 2.26. The maximum atomic E-state index is 13.1. The van der Waals surface area contributed by atoms with E-state index in [2.05, 4.69) is 23.3 Å². The third-order valence-corrected chi connectivity index (χ3v) is 12.1. The quantitative estimate of drug-likeness (QED) is 0.0175. The van der Waals surface area contributed by atoms with Gasteiger partial charge in [-0.15, -0.1) is 0 Å². The summed E-state index contributed by atoms with van der Waals surface area (Å²) in [5.74, 6) is -0.699. The molecular weight excluding hydrogens is 791 g/mol. The van der Waals surface area contributed by atoms with Gasteiger partial charge in [0.25, 0.3) is 0 Å². The molecule has 0 bridgehead atoms. The lowest BCUT2D eigenvalue weighted by Gasteiger charge is -2.41. The fraction of sp³-hybridized carbons (Fsp3) is 0.935. The van der Waals surface area contributed by atoms with Crippen molar-refractivity contribution in [3.63, 3.8) is 0 Å². The van der Waals surface area contributed by atoms with Gasteiger partial charge in [-0.1, -0.05) is 206 Å². The lowest BCUT2D eigenvalue weighted by molar-refractivity contribution is -0.298. The van der Waals surface area contributed by atoms with Gasteiger partial charge in [0.05, 0.1) is 25.4 Å². The number of nitrogens with one attached hydrogen (secondary N) is 1. The van der Waals surface area contributed by atoms with Crippen LogP contribution >= 0.6 is 0 Å². The topological polar surface area (TPSA) is 212 Å². The van der Waals surface area contributed by atoms with Crippen molar-refractivity contribution in [2.45, 2.75) is 262 Å². The molecule has 1 aliphatic heterocycles. The summed E-state index contributed by atoms with van der Waals surface area (Å²) in [5.41, 5.74) is 0. The number of carbonyl (C=O) groups excluding carboxylic acids is 1. The summed E-state index contributed by atoms with van der Waals surface area (Å²) in [7, 11) is -5.11. The van der Waals surface area contributed by atoms with Crippen molar-refractivity contribution in [3.05, 3.63) is 12.2 Å². The van der Waals surface area contributed by atoms with E-state index in [0.717, 1.165) is 38.5 Å². The Balaban J connectivity index is 2.53. The third-order valence-electron chi connectivity index (χ3n) is 11.7.